The van der Waals surface area contributed by atoms with Crippen LogP contribution in [0.1, 0.15) is 361 Å². The van der Waals surface area contributed by atoms with E-state index in [1.807, 2.05) is 0 Å². The monoisotopic (exact) mass is 1090 g/mol. The van der Waals surface area contributed by atoms with Crippen LogP contribution in [-0.2, 0) is 28.6 Å². The minimum atomic E-state index is -0.784. The summed E-state index contributed by atoms with van der Waals surface area (Å²) in [6.45, 7) is 6.62. The summed E-state index contributed by atoms with van der Waals surface area (Å²) >= 11 is 0. The minimum absolute atomic E-state index is 0.0795. The number of ether oxygens (including phenoxy) is 3. The van der Waals surface area contributed by atoms with Crippen LogP contribution in [0.3, 0.4) is 0 Å². The number of unbranched alkanes of at least 4 members (excludes halogenated alkanes) is 42. The molecule has 0 amide bonds. The topological polar surface area (TPSA) is 78.9 Å². The molecule has 0 saturated carbocycles. The van der Waals surface area contributed by atoms with E-state index in [9.17, 15) is 14.4 Å². The molecule has 454 valence electrons. The van der Waals surface area contributed by atoms with Gasteiger partial charge < -0.3 is 14.2 Å². The van der Waals surface area contributed by atoms with E-state index in [0.29, 0.717) is 19.3 Å². The maximum Gasteiger partial charge on any atom is 0.306 e. The van der Waals surface area contributed by atoms with Gasteiger partial charge in [-0.05, 0) is 109 Å². The quantitative estimate of drug-likeness (QED) is 0.0261. The van der Waals surface area contributed by atoms with Crippen LogP contribution >= 0.6 is 0 Å². The molecule has 6 heteroatoms. The number of esters is 3. The van der Waals surface area contributed by atoms with Crippen molar-refractivity contribution in [1.29, 1.82) is 0 Å². The third-order valence-corrected chi connectivity index (χ3v) is 15.2. The van der Waals surface area contributed by atoms with Gasteiger partial charge in [-0.15, -0.1) is 0 Å². The molecule has 1 atom stereocenters. The van der Waals surface area contributed by atoms with E-state index >= 15 is 0 Å². The van der Waals surface area contributed by atoms with Crippen LogP contribution in [0.2, 0.25) is 0 Å². The highest BCUT2D eigenvalue weighted by molar-refractivity contribution is 5.71. The van der Waals surface area contributed by atoms with E-state index in [2.05, 4.69) is 81.5 Å². The zero-order valence-corrected chi connectivity index (χ0v) is 52.2. The van der Waals surface area contributed by atoms with Crippen molar-refractivity contribution >= 4 is 17.9 Å². The first kappa shape index (κ1) is 75.1. The Morgan fingerprint density at radius 2 is 0.462 bits per heavy atom. The van der Waals surface area contributed by atoms with E-state index in [4.69, 9.17) is 14.2 Å². The Bertz CT molecular complexity index is 1390. The Hall–Kier alpha value is -2.89. The largest absolute Gasteiger partial charge is 0.462 e. The molecule has 0 aliphatic heterocycles. The molecule has 0 aromatic carbocycles. The van der Waals surface area contributed by atoms with Gasteiger partial charge in [0.05, 0.1) is 0 Å². The summed E-state index contributed by atoms with van der Waals surface area (Å²) in [5.74, 6) is -0.883. The van der Waals surface area contributed by atoms with Gasteiger partial charge in [-0.3, -0.25) is 14.4 Å². The number of rotatable bonds is 63. The molecule has 0 N–H and O–H groups in total. The Morgan fingerprint density at radius 1 is 0.256 bits per heavy atom. The number of hydrogen-bond acceptors (Lipinski definition) is 6. The molecule has 78 heavy (non-hydrogen) atoms. The van der Waals surface area contributed by atoms with Gasteiger partial charge in [0.25, 0.3) is 0 Å². The number of carbonyl (C=O) groups is 3. The third-order valence-electron chi connectivity index (χ3n) is 15.2. The second kappa shape index (κ2) is 66.6. The van der Waals surface area contributed by atoms with Gasteiger partial charge in [-0.25, -0.2) is 0 Å². The summed E-state index contributed by atoms with van der Waals surface area (Å²) in [5.41, 5.74) is 0. The molecule has 0 spiro atoms. The fraction of sp³-hybridized carbons (Fsp3) is 0.819. The lowest BCUT2D eigenvalue weighted by atomic mass is 10.0. The number of hydrogen-bond donors (Lipinski definition) is 0. The lowest BCUT2D eigenvalue weighted by Gasteiger charge is -2.18. The van der Waals surface area contributed by atoms with Gasteiger partial charge in [0.2, 0.25) is 0 Å². The van der Waals surface area contributed by atoms with Crippen molar-refractivity contribution in [2.24, 2.45) is 0 Å². The van der Waals surface area contributed by atoms with E-state index in [1.54, 1.807) is 0 Å². The van der Waals surface area contributed by atoms with Gasteiger partial charge in [0.1, 0.15) is 13.2 Å². The van der Waals surface area contributed by atoms with Crippen LogP contribution in [0.25, 0.3) is 0 Å². The van der Waals surface area contributed by atoms with Gasteiger partial charge in [0.15, 0.2) is 6.10 Å². The summed E-state index contributed by atoms with van der Waals surface area (Å²) in [7, 11) is 0. The van der Waals surface area contributed by atoms with Crippen LogP contribution in [0, 0.1) is 0 Å². The Labute approximate surface area is 485 Å². The van der Waals surface area contributed by atoms with Gasteiger partial charge >= 0.3 is 17.9 Å². The van der Waals surface area contributed by atoms with E-state index in [0.717, 1.165) is 89.9 Å². The fourth-order valence-corrected chi connectivity index (χ4v) is 10.0. The van der Waals surface area contributed by atoms with Crippen molar-refractivity contribution < 1.29 is 28.6 Å². The zero-order chi connectivity index (χ0) is 56.4. The van der Waals surface area contributed by atoms with E-state index in [-0.39, 0.29) is 31.1 Å². The van der Waals surface area contributed by atoms with Crippen LogP contribution in [0.15, 0.2) is 60.8 Å². The molecular weight excluding hydrogens is 961 g/mol. The van der Waals surface area contributed by atoms with Crippen LogP contribution in [0.5, 0.6) is 0 Å². The van der Waals surface area contributed by atoms with Crippen molar-refractivity contribution in [1.82, 2.24) is 0 Å². The molecule has 0 bridgehead atoms. The molecular formula is C72H130O6. The maximum atomic E-state index is 12.9. The first-order chi connectivity index (χ1) is 38.5. The van der Waals surface area contributed by atoms with Crippen molar-refractivity contribution in [2.75, 3.05) is 13.2 Å². The Kier molecular flexibility index (Phi) is 64.2. The minimum Gasteiger partial charge on any atom is -0.462 e. The molecule has 0 aliphatic carbocycles. The predicted octanol–water partition coefficient (Wildman–Crippen LogP) is 23.5. The van der Waals surface area contributed by atoms with E-state index in [1.165, 1.54) is 231 Å². The number of allylic oxidation sites excluding steroid dienone is 10. The average molecular weight is 1090 g/mol. The van der Waals surface area contributed by atoms with Crippen LogP contribution < -0.4 is 0 Å². The second-order valence-corrected chi connectivity index (χ2v) is 23.1. The predicted molar refractivity (Wildman–Crippen MR) is 339 cm³/mol. The van der Waals surface area contributed by atoms with Gasteiger partial charge in [-0.2, -0.15) is 0 Å². The molecule has 1 unspecified atom stereocenters. The summed E-state index contributed by atoms with van der Waals surface area (Å²) < 4.78 is 16.9. The molecule has 0 rings (SSSR count). The van der Waals surface area contributed by atoms with Crippen molar-refractivity contribution in [3.63, 3.8) is 0 Å². The van der Waals surface area contributed by atoms with Crippen LogP contribution in [0.4, 0.5) is 0 Å². The van der Waals surface area contributed by atoms with Crippen molar-refractivity contribution in [3.8, 4) is 0 Å². The lowest BCUT2D eigenvalue weighted by Crippen LogP contribution is -2.30. The standard InChI is InChI=1S/C72H130O6/c1-4-7-10-13-16-19-22-25-27-29-31-32-33-34-35-36-37-38-39-40-42-43-45-47-50-53-56-59-62-65-71(74)77-68-69(67-76-70(73)64-61-58-55-52-49-24-21-18-15-12-9-6-3)78-72(75)66-63-60-57-54-51-48-46-44-41-30-28-26-23-20-17-14-11-8-5-2/h17-18,20-21,26,28-29,31,41,44,69H,4-16,19,22-25,27,30,32-40,42-43,45-68H2,1-3H3/b20-17-,21-18-,28-26-,31-29-,44-41-. The highest BCUT2D eigenvalue weighted by Crippen LogP contribution is 2.17. The van der Waals surface area contributed by atoms with E-state index < -0.39 is 6.10 Å². The second-order valence-electron chi connectivity index (χ2n) is 23.1. The molecule has 0 aromatic rings. The molecule has 0 radical (unpaired) electrons. The summed E-state index contributed by atoms with van der Waals surface area (Å²) in [4.78, 5) is 38.3. The molecule has 0 aliphatic rings. The average Bonchev–Trinajstić information content (AvgIpc) is 3.44. The highest BCUT2D eigenvalue weighted by Gasteiger charge is 2.19. The molecule has 6 nitrogen and oxygen atoms in total. The molecule has 0 heterocycles. The van der Waals surface area contributed by atoms with Crippen molar-refractivity contribution in [2.45, 2.75) is 367 Å². The smallest absolute Gasteiger partial charge is 0.306 e. The molecule has 0 aromatic heterocycles. The highest BCUT2D eigenvalue weighted by atomic mass is 16.6. The van der Waals surface area contributed by atoms with Gasteiger partial charge in [0, 0.05) is 19.3 Å². The summed E-state index contributed by atoms with van der Waals surface area (Å²) in [6.07, 6.45) is 85.4. The first-order valence-corrected chi connectivity index (χ1v) is 34.3. The SMILES string of the molecule is CCCCC/C=C\C/C=C\C/C=C\CCCCCCCCC(=O)OC(COC(=O)CCCCCCC/C=C\CCCCC)COC(=O)CCCCCCCCCCCCCCCCCCC/C=C\CCCCCCCCCC. The summed E-state index contributed by atoms with van der Waals surface area (Å²) in [5, 5.41) is 0. The van der Waals surface area contributed by atoms with Crippen LogP contribution in [-0.4, -0.2) is 37.2 Å². The van der Waals surface area contributed by atoms with Crippen molar-refractivity contribution in [3.05, 3.63) is 60.8 Å². The zero-order valence-electron chi connectivity index (χ0n) is 52.2. The van der Waals surface area contributed by atoms with Gasteiger partial charge in [-0.1, -0.05) is 293 Å². The molecule has 0 saturated heterocycles. The Balaban J connectivity index is 4.20. The maximum absolute atomic E-state index is 12.9. The third kappa shape index (κ3) is 63.9. The molecule has 0 fully saturated rings. The first-order valence-electron chi connectivity index (χ1n) is 34.3. The number of carbonyl (C=O) groups excluding carboxylic acids is 3. The summed E-state index contributed by atoms with van der Waals surface area (Å²) in [6, 6.07) is 0. The fourth-order valence-electron chi connectivity index (χ4n) is 10.0. The normalized spacial score (nSPS) is 12.4. The lowest BCUT2D eigenvalue weighted by molar-refractivity contribution is -0.167. The Morgan fingerprint density at radius 3 is 0.756 bits per heavy atom.